The van der Waals surface area contributed by atoms with Crippen LogP contribution in [-0.2, 0) is 19.9 Å². The van der Waals surface area contributed by atoms with Crippen LogP contribution in [0, 0.1) is 5.92 Å². The lowest BCUT2D eigenvalue weighted by atomic mass is 10.1. The Morgan fingerprint density at radius 3 is 2.59 bits per heavy atom. The summed E-state index contributed by atoms with van der Waals surface area (Å²) in [5.41, 5.74) is 4.27. The first-order valence-corrected chi connectivity index (χ1v) is 6.69. The van der Waals surface area contributed by atoms with Crippen molar-refractivity contribution in [2.24, 2.45) is 13.0 Å². The van der Waals surface area contributed by atoms with Crippen LogP contribution in [0.1, 0.15) is 38.4 Å². The van der Waals surface area contributed by atoms with E-state index in [0.717, 1.165) is 6.42 Å². The maximum absolute atomic E-state index is 2.36. The molecular weight excluding hydrogens is 206 g/mol. The minimum atomic E-state index is 0.716. The molecule has 0 unspecified atom stereocenters. The lowest BCUT2D eigenvalue weighted by Gasteiger charge is -2.06. The number of rotatable bonds is 4. The highest BCUT2D eigenvalue weighted by Crippen LogP contribution is 2.22. The average molecular weight is 229 g/mol. The second-order valence-corrected chi connectivity index (χ2v) is 5.44. The van der Waals surface area contributed by atoms with Gasteiger partial charge in [-0.1, -0.05) is 33.3 Å². The number of fused-ring (bicyclic) bond motifs is 1. The summed E-state index contributed by atoms with van der Waals surface area (Å²) in [6.07, 6.45) is 3.57. The normalized spacial score (nSPS) is 11.6. The van der Waals surface area contributed by atoms with Gasteiger partial charge in [-0.15, -0.1) is 0 Å². The molecule has 0 aliphatic rings. The van der Waals surface area contributed by atoms with Gasteiger partial charge >= 0.3 is 0 Å². The van der Waals surface area contributed by atoms with E-state index in [0.29, 0.717) is 5.92 Å². The molecule has 0 saturated heterocycles. The lowest BCUT2D eigenvalue weighted by Crippen LogP contribution is -2.00. The van der Waals surface area contributed by atoms with Gasteiger partial charge in [0.05, 0.1) is 0 Å². The van der Waals surface area contributed by atoms with Crippen molar-refractivity contribution in [2.45, 2.75) is 40.0 Å². The number of aryl methyl sites for hydroxylation is 2. The van der Waals surface area contributed by atoms with Crippen molar-refractivity contribution in [3.05, 3.63) is 35.5 Å². The van der Waals surface area contributed by atoms with Crippen LogP contribution in [0.25, 0.3) is 10.9 Å². The van der Waals surface area contributed by atoms with Crippen molar-refractivity contribution < 1.29 is 0 Å². The van der Waals surface area contributed by atoms with Crippen molar-refractivity contribution in [1.82, 2.24) is 4.57 Å². The number of nitrogens with zero attached hydrogens (tertiary/aromatic N) is 1. The minimum Gasteiger partial charge on any atom is -0.348 e. The van der Waals surface area contributed by atoms with E-state index in [4.69, 9.17) is 0 Å². The molecule has 0 saturated carbocycles. The van der Waals surface area contributed by atoms with E-state index < -0.39 is 0 Å². The first kappa shape index (κ1) is 12.2. The molecule has 2 rings (SSSR count). The summed E-state index contributed by atoms with van der Waals surface area (Å²) >= 11 is 0. The predicted octanol–water partition coefficient (Wildman–Crippen LogP) is 4.33. The highest BCUT2D eigenvalue weighted by molar-refractivity contribution is 5.82. The van der Waals surface area contributed by atoms with Gasteiger partial charge in [-0.05, 0) is 42.5 Å². The maximum Gasteiger partial charge on any atom is 0.0480 e. The minimum absolute atomic E-state index is 0.716. The van der Waals surface area contributed by atoms with Gasteiger partial charge in [0.25, 0.3) is 0 Å². The van der Waals surface area contributed by atoms with Crippen LogP contribution in [0.4, 0.5) is 0 Å². The Morgan fingerprint density at radius 1 is 1.18 bits per heavy atom. The SMILES string of the molecule is CCCc1ccc2c(c1)cc(CC(C)C)n2C. The van der Waals surface area contributed by atoms with Gasteiger partial charge in [0, 0.05) is 23.6 Å². The summed E-state index contributed by atoms with van der Waals surface area (Å²) in [4.78, 5) is 0. The quantitative estimate of drug-likeness (QED) is 0.735. The average Bonchev–Trinajstić information content (AvgIpc) is 2.55. The summed E-state index contributed by atoms with van der Waals surface area (Å²) in [7, 11) is 2.18. The second kappa shape index (κ2) is 4.95. The van der Waals surface area contributed by atoms with Crippen molar-refractivity contribution in [3.8, 4) is 0 Å². The largest absolute Gasteiger partial charge is 0.348 e. The standard InChI is InChI=1S/C16H23N/c1-5-6-13-7-8-16-14(10-13)11-15(17(16)4)9-12(2)3/h7-8,10-12H,5-6,9H2,1-4H3. The second-order valence-electron chi connectivity index (χ2n) is 5.44. The molecule has 0 spiro atoms. The molecule has 1 aromatic carbocycles. The third kappa shape index (κ3) is 2.54. The van der Waals surface area contributed by atoms with Crippen LogP contribution >= 0.6 is 0 Å². The fourth-order valence-corrected chi connectivity index (χ4v) is 2.51. The highest BCUT2D eigenvalue weighted by Gasteiger charge is 2.07. The van der Waals surface area contributed by atoms with Crippen molar-refractivity contribution in [2.75, 3.05) is 0 Å². The summed E-state index contributed by atoms with van der Waals surface area (Å²) in [5, 5.41) is 1.40. The zero-order chi connectivity index (χ0) is 12.4. The zero-order valence-corrected chi connectivity index (χ0v) is 11.5. The molecule has 0 bridgehead atoms. The fraction of sp³-hybridized carbons (Fsp3) is 0.500. The van der Waals surface area contributed by atoms with E-state index in [1.54, 1.807) is 0 Å². The molecule has 0 amide bonds. The molecule has 92 valence electrons. The van der Waals surface area contributed by atoms with E-state index in [-0.39, 0.29) is 0 Å². The molecule has 0 radical (unpaired) electrons. The van der Waals surface area contributed by atoms with E-state index >= 15 is 0 Å². The molecule has 1 nitrogen and oxygen atoms in total. The van der Waals surface area contributed by atoms with Gasteiger partial charge in [0.2, 0.25) is 0 Å². The molecule has 1 aromatic heterocycles. The number of hydrogen-bond acceptors (Lipinski definition) is 0. The zero-order valence-electron chi connectivity index (χ0n) is 11.5. The Labute approximate surface area is 104 Å². The van der Waals surface area contributed by atoms with Gasteiger partial charge in [0.1, 0.15) is 0 Å². The topological polar surface area (TPSA) is 4.93 Å². The third-order valence-corrected chi connectivity index (χ3v) is 3.36. The van der Waals surface area contributed by atoms with Crippen LogP contribution in [0.15, 0.2) is 24.3 Å². The molecule has 0 aliphatic carbocycles. The summed E-state index contributed by atoms with van der Waals surface area (Å²) in [6, 6.07) is 9.24. The Bertz CT molecular complexity index is 505. The molecule has 0 aliphatic heterocycles. The maximum atomic E-state index is 2.36. The van der Waals surface area contributed by atoms with Crippen LogP contribution in [0.2, 0.25) is 0 Å². The van der Waals surface area contributed by atoms with Crippen LogP contribution in [0.3, 0.4) is 0 Å². The summed E-state index contributed by atoms with van der Waals surface area (Å²) in [5.74, 6) is 0.716. The monoisotopic (exact) mass is 229 g/mol. The molecule has 0 fully saturated rings. The van der Waals surface area contributed by atoms with Gasteiger partial charge in [-0.3, -0.25) is 0 Å². The molecule has 0 atom stereocenters. The molecule has 0 N–H and O–H groups in total. The van der Waals surface area contributed by atoms with E-state index in [9.17, 15) is 0 Å². The van der Waals surface area contributed by atoms with Gasteiger partial charge < -0.3 is 4.57 Å². The smallest absolute Gasteiger partial charge is 0.0480 e. The van der Waals surface area contributed by atoms with Crippen LogP contribution < -0.4 is 0 Å². The lowest BCUT2D eigenvalue weighted by molar-refractivity contribution is 0.620. The highest BCUT2D eigenvalue weighted by atomic mass is 14.9. The van der Waals surface area contributed by atoms with Crippen LogP contribution in [0.5, 0.6) is 0 Å². The van der Waals surface area contributed by atoms with Crippen LogP contribution in [-0.4, -0.2) is 4.57 Å². The Kier molecular flexibility index (Phi) is 3.56. The fourth-order valence-electron chi connectivity index (χ4n) is 2.51. The van der Waals surface area contributed by atoms with Crippen molar-refractivity contribution in [3.63, 3.8) is 0 Å². The number of benzene rings is 1. The molecule has 1 heterocycles. The van der Waals surface area contributed by atoms with Gasteiger partial charge in [-0.25, -0.2) is 0 Å². The van der Waals surface area contributed by atoms with Gasteiger partial charge in [-0.2, -0.15) is 0 Å². The Hall–Kier alpha value is -1.24. The molecule has 17 heavy (non-hydrogen) atoms. The van der Waals surface area contributed by atoms with E-state index in [1.807, 2.05) is 0 Å². The van der Waals surface area contributed by atoms with E-state index in [1.165, 1.54) is 35.0 Å². The Morgan fingerprint density at radius 2 is 1.94 bits per heavy atom. The molecule has 1 heteroatoms. The predicted molar refractivity (Wildman–Crippen MR) is 75.5 cm³/mol. The first-order chi connectivity index (χ1) is 8.11. The van der Waals surface area contributed by atoms with Gasteiger partial charge in [0.15, 0.2) is 0 Å². The number of aromatic nitrogens is 1. The third-order valence-electron chi connectivity index (χ3n) is 3.36. The van der Waals surface area contributed by atoms with E-state index in [2.05, 4.69) is 56.7 Å². The summed E-state index contributed by atoms with van der Waals surface area (Å²) < 4.78 is 2.34. The first-order valence-electron chi connectivity index (χ1n) is 6.69. The molecular formula is C16H23N. The molecule has 2 aromatic rings. The Balaban J connectivity index is 2.42. The van der Waals surface area contributed by atoms with Crippen molar-refractivity contribution >= 4 is 10.9 Å². The summed E-state index contributed by atoms with van der Waals surface area (Å²) in [6.45, 7) is 6.79. The number of hydrogen-bond donors (Lipinski definition) is 0. The van der Waals surface area contributed by atoms with Crippen molar-refractivity contribution in [1.29, 1.82) is 0 Å².